The fourth-order valence-corrected chi connectivity index (χ4v) is 1.51. The summed E-state index contributed by atoms with van der Waals surface area (Å²) >= 11 is 0. The second-order valence-electron chi connectivity index (χ2n) is 3.14. The lowest BCUT2D eigenvalue weighted by Crippen LogP contribution is -2.42. The molecule has 11 heavy (non-hydrogen) atoms. The van der Waals surface area contributed by atoms with Crippen LogP contribution in [0.4, 0.5) is 0 Å². The Bertz CT molecular complexity index is 99.7. The normalized spacial score (nSPS) is 23.5. The standard InChI is InChI=1S/C9H18NO/c1-3-4-9(2)10-5-7-11-8-6-10/h3,9H,4-8H2,1-2H3. The second-order valence-corrected chi connectivity index (χ2v) is 3.14. The first kappa shape index (κ1) is 9.01. The Balaban J connectivity index is 2.21. The van der Waals surface area contributed by atoms with Crippen molar-refractivity contribution in [1.29, 1.82) is 0 Å². The molecular weight excluding hydrogens is 138 g/mol. The fraction of sp³-hybridized carbons (Fsp3) is 0.889. The van der Waals surface area contributed by atoms with Gasteiger partial charge in [-0.25, -0.2) is 0 Å². The van der Waals surface area contributed by atoms with Crippen LogP contribution < -0.4 is 0 Å². The zero-order chi connectivity index (χ0) is 8.10. The zero-order valence-corrected chi connectivity index (χ0v) is 7.55. The van der Waals surface area contributed by atoms with Gasteiger partial charge in [0, 0.05) is 19.1 Å². The molecule has 0 aromatic carbocycles. The Morgan fingerprint density at radius 3 is 2.64 bits per heavy atom. The average molecular weight is 156 g/mol. The molecule has 2 nitrogen and oxygen atoms in total. The minimum atomic E-state index is 0.698. The van der Waals surface area contributed by atoms with E-state index >= 15 is 0 Å². The Morgan fingerprint density at radius 2 is 2.09 bits per heavy atom. The molecule has 1 saturated heterocycles. The number of hydrogen-bond acceptors (Lipinski definition) is 2. The van der Waals surface area contributed by atoms with Gasteiger partial charge in [0.25, 0.3) is 0 Å². The number of nitrogens with zero attached hydrogens (tertiary/aromatic N) is 1. The number of ether oxygens (including phenoxy) is 1. The fourth-order valence-electron chi connectivity index (χ4n) is 1.51. The van der Waals surface area contributed by atoms with Crippen molar-refractivity contribution in [3.05, 3.63) is 6.42 Å². The molecule has 1 fully saturated rings. The highest BCUT2D eigenvalue weighted by molar-refractivity contribution is 4.74. The van der Waals surface area contributed by atoms with Crippen LogP contribution in [0.1, 0.15) is 20.3 Å². The predicted molar refractivity (Wildman–Crippen MR) is 46.4 cm³/mol. The monoisotopic (exact) mass is 156 g/mol. The molecule has 0 spiro atoms. The van der Waals surface area contributed by atoms with Crippen molar-refractivity contribution < 1.29 is 4.74 Å². The van der Waals surface area contributed by atoms with Crippen LogP contribution in [0, 0.1) is 6.42 Å². The first-order valence-electron chi connectivity index (χ1n) is 4.44. The van der Waals surface area contributed by atoms with Crippen LogP contribution in [-0.2, 0) is 4.74 Å². The third-order valence-corrected chi connectivity index (χ3v) is 2.25. The van der Waals surface area contributed by atoms with Crippen molar-refractivity contribution in [2.45, 2.75) is 26.3 Å². The molecule has 65 valence electrons. The quantitative estimate of drug-likeness (QED) is 0.611. The van der Waals surface area contributed by atoms with Crippen LogP contribution in [0.25, 0.3) is 0 Å². The van der Waals surface area contributed by atoms with Crippen molar-refractivity contribution in [3.63, 3.8) is 0 Å². The largest absolute Gasteiger partial charge is 0.379 e. The van der Waals surface area contributed by atoms with E-state index in [1.807, 2.05) is 0 Å². The summed E-state index contributed by atoms with van der Waals surface area (Å²) in [7, 11) is 0. The highest BCUT2D eigenvalue weighted by Crippen LogP contribution is 2.07. The van der Waals surface area contributed by atoms with Gasteiger partial charge in [0.1, 0.15) is 0 Å². The number of rotatable bonds is 3. The van der Waals surface area contributed by atoms with E-state index < -0.39 is 0 Å². The summed E-state index contributed by atoms with van der Waals surface area (Å²) in [5, 5.41) is 0. The smallest absolute Gasteiger partial charge is 0.0594 e. The van der Waals surface area contributed by atoms with E-state index in [4.69, 9.17) is 4.74 Å². The average Bonchev–Trinajstić information content (AvgIpc) is 2.07. The van der Waals surface area contributed by atoms with Gasteiger partial charge in [-0.2, -0.15) is 0 Å². The molecule has 1 unspecified atom stereocenters. The van der Waals surface area contributed by atoms with E-state index in [0.717, 1.165) is 26.3 Å². The van der Waals surface area contributed by atoms with Crippen molar-refractivity contribution in [2.75, 3.05) is 26.3 Å². The van der Waals surface area contributed by atoms with Gasteiger partial charge in [-0.05, 0) is 19.8 Å². The van der Waals surface area contributed by atoms with Crippen molar-refractivity contribution in [2.24, 2.45) is 0 Å². The molecular formula is C9H18NO. The SMILES string of the molecule is C[CH]CC(C)N1CCOCC1. The summed E-state index contributed by atoms with van der Waals surface area (Å²) < 4.78 is 5.28. The van der Waals surface area contributed by atoms with Crippen LogP contribution in [0.5, 0.6) is 0 Å². The Kier molecular flexibility index (Phi) is 3.87. The van der Waals surface area contributed by atoms with Crippen molar-refractivity contribution in [1.82, 2.24) is 4.90 Å². The molecule has 1 rings (SSSR count). The zero-order valence-electron chi connectivity index (χ0n) is 7.55. The highest BCUT2D eigenvalue weighted by Gasteiger charge is 2.15. The van der Waals surface area contributed by atoms with Crippen molar-refractivity contribution >= 4 is 0 Å². The number of morpholine rings is 1. The van der Waals surface area contributed by atoms with Gasteiger partial charge in [0.05, 0.1) is 13.2 Å². The Morgan fingerprint density at radius 1 is 1.45 bits per heavy atom. The molecule has 0 aromatic heterocycles. The minimum Gasteiger partial charge on any atom is -0.379 e. The molecule has 2 heteroatoms. The van der Waals surface area contributed by atoms with Gasteiger partial charge in [0.2, 0.25) is 0 Å². The molecule has 0 amide bonds. The summed E-state index contributed by atoms with van der Waals surface area (Å²) in [5.74, 6) is 0. The molecule has 1 radical (unpaired) electrons. The van der Waals surface area contributed by atoms with Crippen LogP contribution in [-0.4, -0.2) is 37.2 Å². The summed E-state index contributed by atoms with van der Waals surface area (Å²) in [6.45, 7) is 8.44. The second kappa shape index (κ2) is 4.73. The third kappa shape index (κ3) is 2.80. The van der Waals surface area contributed by atoms with Crippen LogP contribution in [0.3, 0.4) is 0 Å². The van der Waals surface area contributed by atoms with Gasteiger partial charge >= 0.3 is 0 Å². The molecule has 1 heterocycles. The van der Waals surface area contributed by atoms with E-state index in [0.29, 0.717) is 6.04 Å². The minimum absolute atomic E-state index is 0.698. The van der Waals surface area contributed by atoms with Crippen LogP contribution in [0.15, 0.2) is 0 Å². The summed E-state index contributed by atoms with van der Waals surface area (Å²) in [4.78, 5) is 2.49. The predicted octanol–water partition coefficient (Wildman–Crippen LogP) is 1.32. The lowest BCUT2D eigenvalue weighted by atomic mass is 10.1. The molecule has 0 N–H and O–H groups in total. The van der Waals surface area contributed by atoms with E-state index in [1.165, 1.54) is 6.42 Å². The first-order chi connectivity index (χ1) is 5.34. The molecule has 1 atom stereocenters. The topological polar surface area (TPSA) is 12.5 Å². The van der Waals surface area contributed by atoms with E-state index in [-0.39, 0.29) is 0 Å². The molecule has 1 aliphatic heterocycles. The Labute approximate surface area is 69.5 Å². The maximum atomic E-state index is 5.28. The van der Waals surface area contributed by atoms with E-state index in [1.54, 1.807) is 0 Å². The molecule has 0 aliphatic carbocycles. The summed E-state index contributed by atoms with van der Waals surface area (Å²) in [5.41, 5.74) is 0. The van der Waals surface area contributed by atoms with Gasteiger partial charge in [0.15, 0.2) is 0 Å². The summed E-state index contributed by atoms with van der Waals surface area (Å²) in [6.07, 6.45) is 3.43. The van der Waals surface area contributed by atoms with Gasteiger partial charge in [-0.3, -0.25) is 4.90 Å². The maximum Gasteiger partial charge on any atom is 0.0594 e. The molecule has 0 saturated carbocycles. The van der Waals surface area contributed by atoms with Gasteiger partial charge < -0.3 is 4.74 Å². The van der Waals surface area contributed by atoms with E-state index in [9.17, 15) is 0 Å². The number of hydrogen-bond donors (Lipinski definition) is 0. The molecule has 0 aromatic rings. The van der Waals surface area contributed by atoms with Gasteiger partial charge in [-0.1, -0.05) is 6.92 Å². The first-order valence-corrected chi connectivity index (χ1v) is 4.44. The van der Waals surface area contributed by atoms with Crippen LogP contribution >= 0.6 is 0 Å². The van der Waals surface area contributed by atoms with E-state index in [2.05, 4.69) is 25.2 Å². The molecule has 0 bridgehead atoms. The maximum absolute atomic E-state index is 5.28. The lowest BCUT2D eigenvalue weighted by Gasteiger charge is -2.32. The summed E-state index contributed by atoms with van der Waals surface area (Å²) in [6, 6.07) is 0.698. The highest BCUT2D eigenvalue weighted by atomic mass is 16.5. The third-order valence-electron chi connectivity index (χ3n) is 2.25. The molecule has 1 aliphatic rings. The Hall–Kier alpha value is -0.0800. The van der Waals surface area contributed by atoms with Crippen molar-refractivity contribution in [3.8, 4) is 0 Å². The van der Waals surface area contributed by atoms with Crippen LogP contribution in [0.2, 0.25) is 0 Å². The lowest BCUT2D eigenvalue weighted by molar-refractivity contribution is 0.0202. The van der Waals surface area contributed by atoms with Gasteiger partial charge in [-0.15, -0.1) is 0 Å².